The van der Waals surface area contributed by atoms with Gasteiger partial charge < -0.3 is 15.5 Å². The van der Waals surface area contributed by atoms with E-state index in [1.807, 2.05) is 6.07 Å². The number of carbonyl (C=O) groups excluding carboxylic acids is 2. The molecular formula is C21H26ClN3O2. The van der Waals surface area contributed by atoms with Gasteiger partial charge in [0.15, 0.2) is 5.78 Å². The van der Waals surface area contributed by atoms with E-state index in [1.165, 1.54) is 0 Å². The molecular weight excluding hydrogens is 362 g/mol. The lowest BCUT2D eigenvalue weighted by Gasteiger charge is -2.18. The maximum absolute atomic E-state index is 12.8. The van der Waals surface area contributed by atoms with E-state index in [4.69, 9.17) is 11.6 Å². The monoisotopic (exact) mass is 387 g/mol. The average Bonchev–Trinajstić information content (AvgIpc) is 2.69. The van der Waals surface area contributed by atoms with Crippen LogP contribution in [0.1, 0.15) is 29.8 Å². The van der Waals surface area contributed by atoms with Crippen LogP contribution in [0.25, 0.3) is 0 Å². The molecule has 5 nitrogen and oxygen atoms in total. The van der Waals surface area contributed by atoms with Crippen LogP contribution in [-0.2, 0) is 4.79 Å². The Morgan fingerprint density at radius 2 is 1.74 bits per heavy atom. The number of halogens is 1. The third kappa shape index (κ3) is 6.47. The number of anilines is 1. The Morgan fingerprint density at radius 3 is 2.41 bits per heavy atom. The van der Waals surface area contributed by atoms with Gasteiger partial charge in [0.1, 0.15) is 0 Å². The molecule has 144 valence electrons. The summed E-state index contributed by atoms with van der Waals surface area (Å²) in [6.45, 7) is 8.00. The van der Waals surface area contributed by atoms with Crippen LogP contribution in [0.2, 0.25) is 5.02 Å². The van der Waals surface area contributed by atoms with Crippen molar-refractivity contribution in [2.24, 2.45) is 0 Å². The Morgan fingerprint density at radius 1 is 1.04 bits per heavy atom. The Bertz CT molecular complexity index is 761. The average molecular weight is 388 g/mol. The number of benzene rings is 2. The predicted molar refractivity (Wildman–Crippen MR) is 111 cm³/mol. The van der Waals surface area contributed by atoms with Crippen LogP contribution < -0.4 is 10.6 Å². The zero-order chi connectivity index (χ0) is 19.6. The van der Waals surface area contributed by atoms with Crippen LogP contribution in [0.3, 0.4) is 0 Å². The molecule has 0 saturated heterocycles. The van der Waals surface area contributed by atoms with Crippen molar-refractivity contribution in [3.05, 3.63) is 64.7 Å². The maximum atomic E-state index is 12.8. The zero-order valence-corrected chi connectivity index (χ0v) is 16.6. The highest BCUT2D eigenvalue weighted by atomic mass is 35.5. The van der Waals surface area contributed by atoms with Gasteiger partial charge in [0, 0.05) is 29.2 Å². The predicted octanol–water partition coefficient (Wildman–Crippen LogP) is 3.44. The third-order valence-corrected chi connectivity index (χ3v) is 4.56. The second kappa shape index (κ2) is 10.8. The molecule has 0 aromatic heterocycles. The Balaban J connectivity index is 2.00. The molecule has 2 rings (SSSR count). The first-order chi connectivity index (χ1) is 13.0. The molecule has 0 radical (unpaired) electrons. The molecule has 1 amide bonds. The number of nitrogens with one attached hydrogen (secondary N) is 2. The van der Waals surface area contributed by atoms with Gasteiger partial charge in [0.25, 0.3) is 0 Å². The van der Waals surface area contributed by atoms with Crippen molar-refractivity contribution in [1.29, 1.82) is 0 Å². The first-order valence-corrected chi connectivity index (χ1v) is 9.55. The fourth-order valence-electron chi connectivity index (χ4n) is 2.73. The van der Waals surface area contributed by atoms with E-state index in [2.05, 4.69) is 29.4 Å². The lowest BCUT2D eigenvalue weighted by atomic mass is 10.0. The van der Waals surface area contributed by atoms with E-state index in [0.717, 1.165) is 26.2 Å². The van der Waals surface area contributed by atoms with Crippen LogP contribution in [-0.4, -0.2) is 49.3 Å². The quantitative estimate of drug-likeness (QED) is 0.484. The fraction of sp³-hybridized carbons (Fsp3) is 0.333. The highest BCUT2D eigenvalue weighted by molar-refractivity contribution is 6.31. The standard InChI is InChI=1S/C21H26ClN3O2/c1-3-25(4-2)13-12-23-15-20(26)24-19-11-10-17(22)14-18(19)21(27)16-8-6-5-7-9-16/h5-11,14,23H,3-4,12-13,15H2,1-2H3,(H,24,26). The van der Waals surface area contributed by atoms with E-state index < -0.39 is 0 Å². The van der Waals surface area contributed by atoms with Gasteiger partial charge in [-0.25, -0.2) is 0 Å². The zero-order valence-electron chi connectivity index (χ0n) is 15.8. The highest BCUT2D eigenvalue weighted by Gasteiger charge is 2.16. The Kier molecular flexibility index (Phi) is 8.45. The van der Waals surface area contributed by atoms with Crippen LogP contribution in [0, 0.1) is 0 Å². The van der Waals surface area contributed by atoms with Gasteiger partial charge in [-0.2, -0.15) is 0 Å². The van der Waals surface area contributed by atoms with E-state index >= 15 is 0 Å². The van der Waals surface area contributed by atoms with Crippen molar-refractivity contribution < 1.29 is 9.59 Å². The molecule has 2 aromatic rings. The molecule has 0 spiro atoms. The SMILES string of the molecule is CCN(CC)CCNCC(=O)Nc1ccc(Cl)cc1C(=O)c1ccccc1. The summed E-state index contributed by atoms with van der Waals surface area (Å²) in [6.07, 6.45) is 0. The second-order valence-corrected chi connectivity index (χ2v) is 6.57. The van der Waals surface area contributed by atoms with Crippen molar-refractivity contribution in [3.8, 4) is 0 Å². The molecule has 2 aromatic carbocycles. The maximum Gasteiger partial charge on any atom is 0.238 e. The largest absolute Gasteiger partial charge is 0.324 e. The number of nitrogens with zero attached hydrogens (tertiary/aromatic N) is 1. The van der Waals surface area contributed by atoms with Crippen LogP contribution in [0.15, 0.2) is 48.5 Å². The summed E-state index contributed by atoms with van der Waals surface area (Å²) in [5.41, 5.74) is 1.39. The van der Waals surface area contributed by atoms with Gasteiger partial charge in [0.2, 0.25) is 5.91 Å². The number of ketones is 1. The van der Waals surface area contributed by atoms with Crippen LogP contribution in [0.5, 0.6) is 0 Å². The number of amides is 1. The van der Waals surface area contributed by atoms with Crippen molar-refractivity contribution in [2.75, 3.05) is 38.0 Å². The summed E-state index contributed by atoms with van der Waals surface area (Å²) < 4.78 is 0. The highest BCUT2D eigenvalue weighted by Crippen LogP contribution is 2.23. The third-order valence-electron chi connectivity index (χ3n) is 4.32. The van der Waals surface area contributed by atoms with Crippen molar-refractivity contribution in [1.82, 2.24) is 10.2 Å². The second-order valence-electron chi connectivity index (χ2n) is 6.14. The summed E-state index contributed by atoms with van der Waals surface area (Å²) in [6, 6.07) is 13.8. The van der Waals surface area contributed by atoms with Crippen molar-refractivity contribution >= 4 is 29.0 Å². The summed E-state index contributed by atoms with van der Waals surface area (Å²) in [4.78, 5) is 27.3. The number of likely N-dealkylation sites (N-methyl/N-ethyl adjacent to an activating group) is 1. The van der Waals surface area contributed by atoms with Gasteiger partial charge in [-0.1, -0.05) is 55.8 Å². The Labute approximate surface area is 165 Å². The smallest absolute Gasteiger partial charge is 0.238 e. The minimum absolute atomic E-state index is 0.178. The first-order valence-electron chi connectivity index (χ1n) is 9.17. The summed E-state index contributed by atoms with van der Waals surface area (Å²) in [5.74, 6) is -0.373. The lowest BCUT2D eigenvalue weighted by Crippen LogP contribution is -2.35. The summed E-state index contributed by atoms with van der Waals surface area (Å²) in [5, 5.41) is 6.39. The van der Waals surface area contributed by atoms with E-state index in [-0.39, 0.29) is 18.2 Å². The molecule has 0 atom stereocenters. The van der Waals surface area contributed by atoms with Gasteiger partial charge in [0.05, 0.1) is 12.2 Å². The molecule has 0 heterocycles. The van der Waals surface area contributed by atoms with Gasteiger partial charge in [-0.05, 0) is 31.3 Å². The topological polar surface area (TPSA) is 61.4 Å². The minimum Gasteiger partial charge on any atom is -0.324 e. The van der Waals surface area contributed by atoms with Crippen molar-refractivity contribution in [2.45, 2.75) is 13.8 Å². The Hall–Kier alpha value is -2.21. The minimum atomic E-state index is -0.195. The summed E-state index contributed by atoms with van der Waals surface area (Å²) >= 11 is 6.06. The number of rotatable bonds is 10. The van der Waals surface area contributed by atoms with Gasteiger partial charge in [-0.15, -0.1) is 0 Å². The molecule has 6 heteroatoms. The molecule has 0 unspecified atom stereocenters. The molecule has 2 N–H and O–H groups in total. The molecule has 0 bridgehead atoms. The normalized spacial score (nSPS) is 10.8. The fourth-order valence-corrected chi connectivity index (χ4v) is 2.90. The van der Waals surface area contributed by atoms with Gasteiger partial charge >= 0.3 is 0 Å². The molecule has 0 saturated carbocycles. The van der Waals surface area contributed by atoms with E-state index in [1.54, 1.807) is 42.5 Å². The molecule has 27 heavy (non-hydrogen) atoms. The summed E-state index contributed by atoms with van der Waals surface area (Å²) in [7, 11) is 0. The molecule has 0 fully saturated rings. The molecule has 0 aliphatic heterocycles. The van der Waals surface area contributed by atoms with Crippen LogP contribution >= 0.6 is 11.6 Å². The number of carbonyl (C=O) groups is 2. The van der Waals surface area contributed by atoms with Crippen molar-refractivity contribution in [3.63, 3.8) is 0 Å². The van der Waals surface area contributed by atoms with Crippen LogP contribution in [0.4, 0.5) is 5.69 Å². The number of hydrogen-bond donors (Lipinski definition) is 2. The van der Waals surface area contributed by atoms with E-state index in [9.17, 15) is 9.59 Å². The molecule has 0 aliphatic rings. The molecule has 0 aliphatic carbocycles. The lowest BCUT2D eigenvalue weighted by molar-refractivity contribution is -0.115. The number of hydrogen-bond acceptors (Lipinski definition) is 4. The van der Waals surface area contributed by atoms with E-state index in [0.29, 0.717) is 21.8 Å². The first kappa shape index (κ1) is 21.1. The van der Waals surface area contributed by atoms with Gasteiger partial charge in [-0.3, -0.25) is 9.59 Å².